The maximum absolute atomic E-state index is 12.5. The largest absolute Gasteiger partial charge is 0.452 e. The van der Waals surface area contributed by atoms with Crippen LogP contribution in [0.1, 0.15) is 16.8 Å². The van der Waals surface area contributed by atoms with Crippen LogP contribution in [0.2, 0.25) is 0 Å². The Balaban J connectivity index is 1.62. The molecule has 0 saturated carbocycles. The lowest BCUT2D eigenvalue weighted by molar-refractivity contribution is -0.121. The van der Waals surface area contributed by atoms with Crippen LogP contribution in [0.5, 0.6) is 0 Å². The molecule has 0 N–H and O–H groups in total. The average Bonchev–Trinajstić information content (AvgIpc) is 3.28. The molecule has 0 unspecified atom stereocenters. The van der Waals surface area contributed by atoms with Gasteiger partial charge in [0.05, 0.1) is 18.1 Å². The minimum absolute atomic E-state index is 0.190. The number of para-hydroxylation sites is 1. The van der Waals surface area contributed by atoms with Crippen molar-refractivity contribution in [2.75, 3.05) is 18.1 Å². The highest BCUT2D eigenvalue weighted by molar-refractivity contribution is 5.97. The van der Waals surface area contributed by atoms with Gasteiger partial charge in [0, 0.05) is 30.3 Å². The van der Waals surface area contributed by atoms with E-state index >= 15 is 0 Å². The number of hydrogen-bond acceptors (Lipinski definition) is 4. The Kier molecular flexibility index (Phi) is 6.21. The second-order valence-corrected chi connectivity index (χ2v) is 6.00. The van der Waals surface area contributed by atoms with Crippen LogP contribution in [-0.2, 0) is 9.53 Å². The Labute approximate surface area is 163 Å². The summed E-state index contributed by atoms with van der Waals surface area (Å²) in [6, 6.07) is 21.8. The Morgan fingerprint density at radius 1 is 0.964 bits per heavy atom. The van der Waals surface area contributed by atoms with E-state index in [1.807, 2.05) is 53.4 Å². The lowest BCUT2D eigenvalue weighted by Crippen LogP contribution is -2.35. The second-order valence-electron chi connectivity index (χ2n) is 6.00. The van der Waals surface area contributed by atoms with Crippen LogP contribution >= 0.6 is 0 Å². The minimum atomic E-state index is -0.569. The number of benzene rings is 2. The molecule has 0 radical (unpaired) electrons. The molecule has 0 aliphatic carbocycles. The average molecular weight is 373 g/mol. The van der Waals surface area contributed by atoms with Gasteiger partial charge in [0.15, 0.2) is 6.61 Å². The van der Waals surface area contributed by atoms with Gasteiger partial charge in [-0.15, -0.1) is 0 Å². The summed E-state index contributed by atoms with van der Waals surface area (Å²) < 4.78 is 7.11. The van der Waals surface area contributed by atoms with E-state index < -0.39 is 12.6 Å². The SMILES string of the molecule is N#CCCN(C(=O)COC(=O)c1ccc(-n2cccc2)cc1)c1ccccc1. The molecule has 2 aromatic carbocycles. The fraction of sp³-hybridized carbons (Fsp3) is 0.136. The predicted molar refractivity (Wildman–Crippen MR) is 105 cm³/mol. The molecule has 0 aliphatic rings. The van der Waals surface area contributed by atoms with E-state index in [9.17, 15) is 9.59 Å². The molecule has 0 saturated heterocycles. The van der Waals surface area contributed by atoms with Crippen LogP contribution in [0, 0.1) is 11.3 Å². The molecular formula is C22H19N3O3. The van der Waals surface area contributed by atoms with E-state index in [1.165, 1.54) is 4.90 Å². The van der Waals surface area contributed by atoms with Gasteiger partial charge in [0.1, 0.15) is 0 Å². The minimum Gasteiger partial charge on any atom is -0.452 e. The van der Waals surface area contributed by atoms with Gasteiger partial charge in [-0.1, -0.05) is 18.2 Å². The monoisotopic (exact) mass is 373 g/mol. The summed E-state index contributed by atoms with van der Waals surface area (Å²) in [5, 5.41) is 8.83. The molecule has 1 heterocycles. The molecule has 6 nitrogen and oxygen atoms in total. The van der Waals surface area contributed by atoms with Crippen molar-refractivity contribution in [1.82, 2.24) is 4.57 Å². The molecule has 1 aromatic heterocycles. The normalized spacial score (nSPS) is 10.1. The number of aromatic nitrogens is 1. The lowest BCUT2D eigenvalue weighted by Gasteiger charge is -2.21. The van der Waals surface area contributed by atoms with E-state index in [4.69, 9.17) is 10.00 Å². The molecule has 28 heavy (non-hydrogen) atoms. The summed E-state index contributed by atoms with van der Waals surface area (Å²) in [5.74, 6) is -0.945. The quantitative estimate of drug-likeness (QED) is 0.593. The molecule has 1 amide bonds. The van der Waals surface area contributed by atoms with Crippen molar-refractivity contribution < 1.29 is 14.3 Å². The van der Waals surface area contributed by atoms with Gasteiger partial charge < -0.3 is 14.2 Å². The van der Waals surface area contributed by atoms with Crippen molar-refractivity contribution in [3.8, 4) is 11.8 Å². The van der Waals surface area contributed by atoms with Crippen molar-refractivity contribution in [3.63, 3.8) is 0 Å². The number of carbonyl (C=O) groups is 2. The van der Waals surface area contributed by atoms with Crippen molar-refractivity contribution in [2.24, 2.45) is 0 Å². The zero-order valence-electron chi connectivity index (χ0n) is 15.2. The summed E-state index contributed by atoms with van der Waals surface area (Å²) in [5.41, 5.74) is 1.95. The van der Waals surface area contributed by atoms with Crippen LogP contribution in [-0.4, -0.2) is 29.6 Å². The van der Waals surface area contributed by atoms with Gasteiger partial charge in [-0.05, 0) is 48.5 Å². The molecule has 3 aromatic rings. The second kappa shape index (κ2) is 9.19. The number of ether oxygens (including phenoxy) is 1. The molecule has 0 aliphatic heterocycles. The Morgan fingerprint density at radius 3 is 2.29 bits per heavy atom. The number of anilines is 1. The highest BCUT2D eigenvalue weighted by Gasteiger charge is 2.18. The van der Waals surface area contributed by atoms with E-state index in [2.05, 4.69) is 0 Å². The van der Waals surface area contributed by atoms with Crippen molar-refractivity contribution >= 4 is 17.6 Å². The van der Waals surface area contributed by atoms with Gasteiger partial charge in [-0.2, -0.15) is 5.26 Å². The smallest absolute Gasteiger partial charge is 0.338 e. The first-order valence-corrected chi connectivity index (χ1v) is 8.82. The van der Waals surface area contributed by atoms with Gasteiger partial charge >= 0.3 is 5.97 Å². The highest BCUT2D eigenvalue weighted by atomic mass is 16.5. The van der Waals surface area contributed by atoms with Crippen LogP contribution in [0.15, 0.2) is 79.1 Å². The van der Waals surface area contributed by atoms with Gasteiger partial charge in [-0.25, -0.2) is 4.79 Å². The van der Waals surface area contributed by atoms with Gasteiger partial charge in [0.2, 0.25) is 0 Å². The lowest BCUT2D eigenvalue weighted by atomic mass is 10.2. The zero-order chi connectivity index (χ0) is 19.8. The number of nitriles is 1. The fourth-order valence-electron chi connectivity index (χ4n) is 2.73. The topological polar surface area (TPSA) is 75.3 Å². The summed E-state index contributed by atoms with van der Waals surface area (Å²) in [6.07, 6.45) is 4.01. The zero-order valence-corrected chi connectivity index (χ0v) is 15.2. The number of carbonyl (C=O) groups excluding carboxylic acids is 2. The van der Waals surface area contributed by atoms with Crippen molar-refractivity contribution in [2.45, 2.75) is 6.42 Å². The summed E-state index contributed by atoms with van der Waals surface area (Å²) in [4.78, 5) is 26.2. The third kappa shape index (κ3) is 4.65. The third-order valence-electron chi connectivity index (χ3n) is 4.15. The van der Waals surface area contributed by atoms with E-state index in [-0.39, 0.29) is 18.9 Å². The van der Waals surface area contributed by atoms with E-state index in [0.29, 0.717) is 11.3 Å². The van der Waals surface area contributed by atoms with Gasteiger partial charge in [-0.3, -0.25) is 4.79 Å². The van der Waals surface area contributed by atoms with Crippen LogP contribution in [0.4, 0.5) is 5.69 Å². The molecule has 6 heteroatoms. The Bertz CT molecular complexity index is 959. The van der Waals surface area contributed by atoms with Crippen LogP contribution in [0.3, 0.4) is 0 Å². The third-order valence-corrected chi connectivity index (χ3v) is 4.15. The van der Waals surface area contributed by atoms with Crippen LogP contribution < -0.4 is 4.90 Å². The maximum Gasteiger partial charge on any atom is 0.338 e. The first kappa shape index (κ1) is 18.9. The standard InChI is InChI=1S/C22H19N3O3/c23-13-6-16-25(20-7-2-1-3-8-20)21(26)17-28-22(27)18-9-11-19(12-10-18)24-14-4-5-15-24/h1-5,7-12,14-15H,6,16-17H2. The molecular weight excluding hydrogens is 354 g/mol. The molecule has 0 spiro atoms. The summed E-state index contributed by atoms with van der Waals surface area (Å²) in [6.45, 7) is -0.152. The molecule has 0 atom stereocenters. The molecule has 0 fully saturated rings. The Hall–Kier alpha value is -3.85. The molecule has 3 rings (SSSR count). The van der Waals surface area contributed by atoms with Crippen molar-refractivity contribution in [1.29, 1.82) is 5.26 Å². The molecule has 140 valence electrons. The Morgan fingerprint density at radius 2 is 1.64 bits per heavy atom. The van der Waals surface area contributed by atoms with Crippen molar-refractivity contribution in [3.05, 3.63) is 84.7 Å². The first-order valence-electron chi connectivity index (χ1n) is 8.82. The maximum atomic E-state index is 12.5. The summed E-state index contributed by atoms with van der Waals surface area (Å²) in [7, 11) is 0. The predicted octanol–water partition coefficient (Wildman–Crippen LogP) is 3.58. The number of esters is 1. The number of hydrogen-bond donors (Lipinski definition) is 0. The first-order chi connectivity index (χ1) is 13.7. The number of amides is 1. The van der Waals surface area contributed by atoms with E-state index in [0.717, 1.165) is 5.69 Å². The fourth-order valence-corrected chi connectivity index (χ4v) is 2.73. The summed E-state index contributed by atoms with van der Waals surface area (Å²) >= 11 is 0. The van der Waals surface area contributed by atoms with E-state index in [1.54, 1.807) is 36.4 Å². The highest BCUT2D eigenvalue weighted by Crippen LogP contribution is 2.15. The van der Waals surface area contributed by atoms with Gasteiger partial charge in [0.25, 0.3) is 5.91 Å². The number of rotatable bonds is 7. The van der Waals surface area contributed by atoms with Crippen LogP contribution in [0.25, 0.3) is 5.69 Å². The molecule has 0 bridgehead atoms. The number of nitrogens with zero attached hydrogens (tertiary/aromatic N) is 3.